The van der Waals surface area contributed by atoms with Crippen LogP contribution in [0.2, 0.25) is 0 Å². The maximum atomic E-state index is 6.84. The third-order valence-corrected chi connectivity index (χ3v) is 8.19. The lowest BCUT2D eigenvalue weighted by Gasteiger charge is -2.25. The summed E-state index contributed by atoms with van der Waals surface area (Å²) in [4.78, 5) is 0. The van der Waals surface area contributed by atoms with Crippen LogP contribution >= 0.6 is 0 Å². The molecule has 1 aliphatic carbocycles. The Labute approximate surface area is 203 Å². The van der Waals surface area contributed by atoms with Gasteiger partial charge in [0, 0.05) is 11.6 Å². The molecule has 4 aromatic rings. The van der Waals surface area contributed by atoms with Gasteiger partial charge < -0.3 is 4.74 Å². The molecule has 1 saturated carbocycles. The Morgan fingerprint density at radius 2 is 1.74 bits per heavy atom. The molecule has 0 bridgehead atoms. The van der Waals surface area contributed by atoms with Crippen molar-refractivity contribution in [1.29, 1.82) is 0 Å². The van der Waals surface area contributed by atoms with E-state index in [4.69, 9.17) is 4.74 Å². The molecule has 0 atom stereocenters. The van der Waals surface area contributed by atoms with Crippen molar-refractivity contribution in [3.8, 4) is 22.8 Å². The number of benzene rings is 3. The maximum absolute atomic E-state index is 6.84. The lowest BCUT2D eigenvalue weighted by Crippen LogP contribution is -2.32. The molecule has 0 radical (unpaired) electrons. The lowest BCUT2D eigenvalue weighted by molar-refractivity contribution is -0.659. The fourth-order valence-corrected chi connectivity index (χ4v) is 6.54. The van der Waals surface area contributed by atoms with Crippen LogP contribution in [0.4, 0.5) is 0 Å². The highest BCUT2D eigenvalue weighted by Gasteiger charge is 2.32. The van der Waals surface area contributed by atoms with Crippen molar-refractivity contribution >= 4 is 21.5 Å². The highest BCUT2D eigenvalue weighted by molar-refractivity contribution is 6.06. The summed E-state index contributed by atoms with van der Waals surface area (Å²) in [6.45, 7) is 9.09. The number of aromatic nitrogens is 1. The monoisotopic (exact) mass is 450 g/mol. The lowest BCUT2D eigenvalue weighted by atomic mass is 9.87. The highest BCUT2D eigenvalue weighted by Crippen LogP contribution is 2.50. The van der Waals surface area contributed by atoms with Gasteiger partial charge in [-0.1, -0.05) is 63.8 Å². The van der Waals surface area contributed by atoms with Gasteiger partial charge in [0.05, 0.1) is 10.9 Å². The maximum Gasteiger partial charge on any atom is 0.228 e. The van der Waals surface area contributed by atoms with E-state index < -0.39 is 0 Å². The normalized spacial score (nSPS) is 15.4. The van der Waals surface area contributed by atoms with Gasteiger partial charge in [0.15, 0.2) is 6.20 Å². The van der Waals surface area contributed by atoms with E-state index >= 15 is 0 Å². The van der Waals surface area contributed by atoms with Crippen molar-refractivity contribution in [2.24, 2.45) is 18.9 Å². The average molecular weight is 451 g/mol. The first-order valence-electron chi connectivity index (χ1n) is 13.1. The van der Waals surface area contributed by atoms with E-state index in [9.17, 15) is 0 Å². The number of pyridine rings is 1. The van der Waals surface area contributed by atoms with Gasteiger partial charge in [0.1, 0.15) is 18.5 Å². The zero-order valence-corrected chi connectivity index (χ0v) is 21.3. The Morgan fingerprint density at radius 3 is 2.50 bits per heavy atom. The van der Waals surface area contributed by atoms with Crippen LogP contribution in [0.5, 0.6) is 11.5 Å². The predicted octanol–water partition coefficient (Wildman–Crippen LogP) is 8.14. The van der Waals surface area contributed by atoms with Gasteiger partial charge in [-0.3, -0.25) is 0 Å². The minimum absolute atomic E-state index is 0.648. The van der Waals surface area contributed by atoms with E-state index in [0.717, 1.165) is 23.8 Å². The second-order valence-corrected chi connectivity index (χ2v) is 11.2. The largest absolute Gasteiger partial charge is 0.455 e. The molecule has 0 spiro atoms. The van der Waals surface area contributed by atoms with Crippen LogP contribution in [0.25, 0.3) is 32.8 Å². The molecule has 0 amide bonds. The van der Waals surface area contributed by atoms with Crippen molar-refractivity contribution in [2.45, 2.75) is 66.2 Å². The Morgan fingerprint density at radius 1 is 0.941 bits per heavy atom. The van der Waals surface area contributed by atoms with Crippen molar-refractivity contribution < 1.29 is 9.30 Å². The fraction of sp³-hybridized carbons (Fsp3) is 0.406. The molecule has 6 rings (SSSR count). The molecule has 0 N–H and O–H groups in total. The fourth-order valence-electron chi connectivity index (χ4n) is 6.54. The highest BCUT2D eigenvalue weighted by atomic mass is 16.5. The predicted molar refractivity (Wildman–Crippen MR) is 142 cm³/mol. The first-order valence-corrected chi connectivity index (χ1v) is 13.1. The van der Waals surface area contributed by atoms with Gasteiger partial charge in [0.25, 0.3) is 0 Å². The Hall–Kier alpha value is -2.87. The number of fused-ring (bicyclic) bond motifs is 3. The van der Waals surface area contributed by atoms with Crippen molar-refractivity contribution in [1.82, 2.24) is 0 Å². The van der Waals surface area contributed by atoms with Crippen molar-refractivity contribution in [2.75, 3.05) is 0 Å². The summed E-state index contributed by atoms with van der Waals surface area (Å²) >= 11 is 0. The van der Waals surface area contributed by atoms with Crippen LogP contribution in [-0.4, -0.2) is 0 Å². The van der Waals surface area contributed by atoms with E-state index in [-0.39, 0.29) is 0 Å². The van der Waals surface area contributed by atoms with E-state index in [1.54, 1.807) is 0 Å². The van der Waals surface area contributed by atoms with Gasteiger partial charge in [-0.05, 0) is 77.4 Å². The van der Waals surface area contributed by atoms with Gasteiger partial charge in [-0.15, -0.1) is 0 Å². The minimum Gasteiger partial charge on any atom is -0.455 e. The second kappa shape index (κ2) is 8.12. The molecule has 2 heteroatoms. The molecule has 174 valence electrons. The quantitative estimate of drug-likeness (QED) is 0.252. The van der Waals surface area contributed by atoms with Gasteiger partial charge in [-0.2, -0.15) is 0 Å². The molecule has 34 heavy (non-hydrogen) atoms. The van der Waals surface area contributed by atoms with Gasteiger partial charge in [-0.25, -0.2) is 4.57 Å². The molecule has 1 aromatic heterocycles. The number of ether oxygens (including phenoxy) is 1. The van der Waals surface area contributed by atoms with Crippen LogP contribution in [0, 0.1) is 25.7 Å². The third-order valence-electron chi connectivity index (χ3n) is 8.19. The van der Waals surface area contributed by atoms with E-state index in [2.05, 4.69) is 81.9 Å². The van der Waals surface area contributed by atoms with E-state index in [0.29, 0.717) is 5.92 Å². The summed E-state index contributed by atoms with van der Waals surface area (Å²) in [6, 6.07) is 14.0. The molecule has 3 aromatic carbocycles. The molecule has 1 aliphatic heterocycles. The zero-order chi connectivity index (χ0) is 23.6. The van der Waals surface area contributed by atoms with Crippen LogP contribution in [0.1, 0.15) is 61.8 Å². The smallest absolute Gasteiger partial charge is 0.228 e. The standard InChI is InChI=1S/C32H36NO/c1-19(2)14-23-10-11-26-20(3)29-31-30-25(12-13-33(31)5)16-24(15-22-8-6-7-9-22)18-28(30)34-32(29)21(4)27(26)17-23/h10-13,16-19,22H,6-9,14-15H2,1-5H3/q+1. The Bertz CT molecular complexity index is 1440. The summed E-state index contributed by atoms with van der Waals surface area (Å²) < 4.78 is 9.12. The van der Waals surface area contributed by atoms with E-state index in [1.165, 1.54) is 87.2 Å². The third kappa shape index (κ3) is 3.42. The summed E-state index contributed by atoms with van der Waals surface area (Å²) in [6.07, 6.45) is 10.0. The summed E-state index contributed by atoms with van der Waals surface area (Å²) in [5, 5.41) is 5.22. The number of rotatable bonds is 4. The zero-order valence-electron chi connectivity index (χ0n) is 21.3. The van der Waals surface area contributed by atoms with Crippen molar-refractivity contribution in [3.63, 3.8) is 0 Å². The van der Waals surface area contributed by atoms with E-state index in [1.807, 2.05) is 0 Å². The molecule has 0 saturated heterocycles. The van der Waals surface area contributed by atoms with Gasteiger partial charge >= 0.3 is 0 Å². The minimum atomic E-state index is 0.648. The molecular formula is C32H36NO+. The van der Waals surface area contributed by atoms with Crippen LogP contribution in [0.15, 0.2) is 42.6 Å². The van der Waals surface area contributed by atoms with Gasteiger partial charge in [0.2, 0.25) is 5.69 Å². The number of hydrogen-bond donors (Lipinski definition) is 0. The van der Waals surface area contributed by atoms with Crippen LogP contribution in [-0.2, 0) is 19.9 Å². The number of nitrogens with zero attached hydrogens (tertiary/aromatic N) is 1. The number of aryl methyl sites for hydroxylation is 3. The second-order valence-electron chi connectivity index (χ2n) is 11.2. The molecule has 2 heterocycles. The first-order chi connectivity index (χ1) is 16.4. The van der Waals surface area contributed by atoms with Crippen LogP contribution < -0.4 is 9.30 Å². The summed E-state index contributed by atoms with van der Waals surface area (Å²) in [5.74, 6) is 3.55. The van der Waals surface area contributed by atoms with Crippen LogP contribution in [0.3, 0.4) is 0 Å². The molecule has 2 aliphatic rings. The SMILES string of the molecule is Cc1c2c(c(C)c3ccc(CC(C)C)cc13)-c1c3c(cc(CC4CCCC4)cc3cc[n+]1C)O2. The van der Waals surface area contributed by atoms with Crippen molar-refractivity contribution in [3.05, 3.63) is 64.8 Å². The molecular weight excluding hydrogens is 414 g/mol. The summed E-state index contributed by atoms with van der Waals surface area (Å²) in [7, 11) is 2.17. The molecule has 1 fully saturated rings. The molecule has 0 unspecified atom stereocenters. The topological polar surface area (TPSA) is 13.1 Å². The molecule has 2 nitrogen and oxygen atoms in total. The Balaban J connectivity index is 1.58. The Kier molecular flexibility index (Phi) is 5.17. The average Bonchev–Trinajstić information content (AvgIpc) is 3.31. The summed E-state index contributed by atoms with van der Waals surface area (Å²) in [5.41, 5.74) is 7.95. The first kappa shape index (κ1) is 21.6. The number of hydrogen-bond acceptors (Lipinski definition) is 1.